The van der Waals surface area contributed by atoms with Crippen LogP contribution >= 0.6 is 0 Å². The molecule has 3 rings (SSSR count). The molecule has 0 saturated heterocycles. The molecule has 0 N–H and O–H groups in total. The maximum atomic E-state index is 13.5. The zero-order chi connectivity index (χ0) is 24.9. The minimum atomic E-state index is -0.432. The number of ether oxygens (including phenoxy) is 1. The van der Waals surface area contributed by atoms with E-state index in [2.05, 4.69) is 10.6 Å². The van der Waals surface area contributed by atoms with Gasteiger partial charge in [-0.15, -0.1) is 0 Å². The van der Waals surface area contributed by atoms with Crippen molar-refractivity contribution in [3.63, 3.8) is 0 Å². The standard InChI is InChI=1S/C27H35N3O4/c1-20(2)29(26(32)24-13-9-15-34-24)19-25(31)30(27(3,4)5)18-22-11-8-14-28(22)17-21-10-7-12-23(16-21)33-6/h7-16,20H,17-19H2,1-6H3. The number of rotatable bonds is 9. The van der Waals surface area contributed by atoms with E-state index in [1.807, 2.05) is 76.0 Å². The Hall–Kier alpha value is -3.48. The third-order valence-corrected chi connectivity index (χ3v) is 5.76. The number of amides is 2. The van der Waals surface area contributed by atoms with E-state index in [1.54, 1.807) is 24.1 Å². The SMILES string of the molecule is COc1cccc(Cn2cccc2CN(C(=O)CN(C(=O)c2ccco2)C(C)C)C(C)(C)C)c1. The van der Waals surface area contributed by atoms with Crippen molar-refractivity contribution in [3.8, 4) is 5.75 Å². The predicted octanol–water partition coefficient (Wildman–Crippen LogP) is 4.82. The summed E-state index contributed by atoms with van der Waals surface area (Å²) in [6.07, 6.45) is 3.48. The largest absolute Gasteiger partial charge is 0.497 e. The second kappa shape index (κ2) is 10.6. The Morgan fingerprint density at radius 1 is 1.09 bits per heavy atom. The van der Waals surface area contributed by atoms with E-state index >= 15 is 0 Å². The van der Waals surface area contributed by atoms with Crippen LogP contribution in [-0.4, -0.2) is 51.4 Å². The molecule has 3 aromatic rings. The zero-order valence-corrected chi connectivity index (χ0v) is 20.9. The summed E-state index contributed by atoms with van der Waals surface area (Å²) in [5, 5.41) is 0. The Bertz CT molecular complexity index is 1090. The van der Waals surface area contributed by atoms with E-state index in [0.29, 0.717) is 13.1 Å². The van der Waals surface area contributed by atoms with Gasteiger partial charge in [0.15, 0.2) is 5.76 Å². The van der Waals surface area contributed by atoms with E-state index in [0.717, 1.165) is 17.0 Å². The summed E-state index contributed by atoms with van der Waals surface area (Å²) < 4.78 is 12.8. The fourth-order valence-corrected chi connectivity index (χ4v) is 3.84. The number of hydrogen-bond acceptors (Lipinski definition) is 4. The van der Waals surface area contributed by atoms with Gasteiger partial charge in [0.1, 0.15) is 12.3 Å². The minimum Gasteiger partial charge on any atom is -0.497 e. The van der Waals surface area contributed by atoms with E-state index in [1.165, 1.54) is 6.26 Å². The molecular formula is C27H35N3O4. The molecule has 0 radical (unpaired) electrons. The van der Waals surface area contributed by atoms with Crippen molar-refractivity contribution < 1.29 is 18.7 Å². The van der Waals surface area contributed by atoms with Crippen LogP contribution in [0.4, 0.5) is 0 Å². The first-order chi connectivity index (χ1) is 16.1. The molecule has 182 valence electrons. The van der Waals surface area contributed by atoms with Gasteiger partial charge in [0.2, 0.25) is 5.91 Å². The molecule has 0 saturated carbocycles. The lowest BCUT2D eigenvalue weighted by Crippen LogP contribution is -2.51. The average Bonchev–Trinajstić information content (AvgIpc) is 3.47. The number of benzene rings is 1. The summed E-state index contributed by atoms with van der Waals surface area (Å²) in [6, 6.07) is 15.1. The van der Waals surface area contributed by atoms with Gasteiger partial charge in [-0.25, -0.2) is 0 Å². The summed E-state index contributed by atoms with van der Waals surface area (Å²) in [4.78, 5) is 29.8. The third-order valence-electron chi connectivity index (χ3n) is 5.76. The van der Waals surface area contributed by atoms with Gasteiger partial charge in [0.25, 0.3) is 5.91 Å². The zero-order valence-electron chi connectivity index (χ0n) is 20.9. The Kier molecular flexibility index (Phi) is 7.87. The second-order valence-electron chi connectivity index (χ2n) is 9.63. The second-order valence-corrected chi connectivity index (χ2v) is 9.63. The lowest BCUT2D eigenvalue weighted by Gasteiger charge is -2.38. The van der Waals surface area contributed by atoms with Crippen molar-refractivity contribution in [1.29, 1.82) is 0 Å². The van der Waals surface area contributed by atoms with Crippen molar-refractivity contribution in [1.82, 2.24) is 14.4 Å². The van der Waals surface area contributed by atoms with E-state index < -0.39 is 5.54 Å². The van der Waals surface area contributed by atoms with Crippen LogP contribution in [0.2, 0.25) is 0 Å². The van der Waals surface area contributed by atoms with Crippen LogP contribution in [0.1, 0.15) is 56.4 Å². The van der Waals surface area contributed by atoms with Crippen LogP contribution in [0, 0.1) is 0 Å². The van der Waals surface area contributed by atoms with Crippen LogP contribution in [0.5, 0.6) is 5.75 Å². The van der Waals surface area contributed by atoms with E-state index in [4.69, 9.17) is 9.15 Å². The number of furan rings is 1. The molecule has 2 heterocycles. The predicted molar refractivity (Wildman–Crippen MR) is 132 cm³/mol. The lowest BCUT2D eigenvalue weighted by atomic mass is 10.0. The van der Waals surface area contributed by atoms with Crippen LogP contribution in [0.25, 0.3) is 0 Å². The van der Waals surface area contributed by atoms with Gasteiger partial charge in [-0.1, -0.05) is 12.1 Å². The monoisotopic (exact) mass is 465 g/mol. The molecule has 34 heavy (non-hydrogen) atoms. The van der Waals surface area contributed by atoms with Gasteiger partial charge >= 0.3 is 0 Å². The first-order valence-electron chi connectivity index (χ1n) is 11.5. The molecule has 0 unspecified atom stereocenters. The molecule has 0 aliphatic carbocycles. The highest BCUT2D eigenvalue weighted by Gasteiger charge is 2.31. The minimum absolute atomic E-state index is 0.0228. The van der Waals surface area contributed by atoms with Crippen molar-refractivity contribution >= 4 is 11.8 Å². The highest BCUT2D eigenvalue weighted by atomic mass is 16.5. The first-order valence-corrected chi connectivity index (χ1v) is 11.5. The van der Waals surface area contributed by atoms with E-state index in [-0.39, 0.29) is 30.2 Å². The van der Waals surface area contributed by atoms with Crippen molar-refractivity contribution in [2.45, 2.75) is 59.3 Å². The number of methoxy groups -OCH3 is 1. The Balaban J connectivity index is 1.80. The fraction of sp³-hybridized carbons (Fsp3) is 0.407. The maximum absolute atomic E-state index is 13.5. The van der Waals surface area contributed by atoms with Gasteiger partial charge in [0, 0.05) is 30.0 Å². The molecule has 1 aromatic carbocycles. The quantitative estimate of drug-likeness (QED) is 0.455. The normalized spacial score (nSPS) is 11.5. The smallest absolute Gasteiger partial charge is 0.290 e. The topological polar surface area (TPSA) is 67.9 Å². The number of nitrogens with zero attached hydrogens (tertiary/aromatic N) is 3. The lowest BCUT2D eigenvalue weighted by molar-refractivity contribution is -0.138. The number of aromatic nitrogens is 1. The summed E-state index contributed by atoms with van der Waals surface area (Å²) >= 11 is 0. The van der Waals surface area contributed by atoms with Crippen molar-refractivity contribution in [2.24, 2.45) is 0 Å². The Labute approximate surface area is 201 Å². The molecule has 0 atom stereocenters. The average molecular weight is 466 g/mol. The van der Waals surface area contributed by atoms with Gasteiger partial charge < -0.3 is 23.5 Å². The summed E-state index contributed by atoms with van der Waals surface area (Å²) in [7, 11) is 1.66. The molecule has 0 fully saturated rings. The molecule has 2 aromatic heterocycles. The maximum Gasteiger partial charge on any atom is 0.290 e. The van der Waals surface area contributed by atoms with Gasteiger partial charge in [-0.2, -0.15) is 0 Å². The van der Waals surface area contributed by atoms with Gasteiger partial charge in [-0.3, -0.25) is 9.59 Å². The molecule has 0 aliphatic heterocycles. The van der Waals surface area contributed by atoms with E-state index in [9.17, 15) is 9.59 Å². The number of carbonyl (C=O) groups excluding carboxylic acids is 2. The van der Waals surface area contributed by atoms with Crippen LogP contribution in [0.15, 0.2) is 65.4 Å². The first kappa shape index (κ1) is 25.1. The third kappa shape index (κ3) is 6.10. The molecular weight excluding hydrogens is 430 g/mol. The fourth-order valence-electron chi connectivity index (χ4n) is 3.84. The molecule has 0 spiro atoms. The highest BCUT2D eigenvalue weighted by molar-refractivity contribution is 5.94. The van der Waals surface area contributed by atoms with Gasteiger partial charge in [-0.05, 0) is 76.6 Å². The Morgan fingerprint density at radius 2 is 1.85 bits per heavy atom. The summed E-state index contributed by atoms with van der Waals surface area (Å²) in [6.45, 7) is 10.9. The van der Waals surface area contributed by atoms with Gasteiger partial charge in [0.05, 0.1) is 19.9 Å². The van der Waals surface area contributed by atoms with Crippen molar-refractivity contribution in [2.75, 3.05) is 13.7 Å². The molecule has 2 amide bonds. The van der Waals surface area contributed by atoms with Crippen LogP contribution < -0.4 is 4.74 Å². The molecule has 0 aliphatic rings. The number of carbonyl (C=O) groups is 2. The molecule has 7 nitrogen and oxygen atoms in total. The number of hydrogen-bond donors (Lipinski definition) is 0. The molecule has 7 heteroatoms. The summed E-state index contributed by atoms with van der Waals surface area (Å²) in [5.74, 6) is 0.641. The Morgan fingerprint density at radius 3 is 2.47 bits per heavy atom. The van der Waals surface area contributed by atoms with Crippen molar-refractivity contribution in [3.05, 3.63) is 78.0 Å². The van der Waals surface area contributed by atoms with Crippen LogP contribution in [-0.2, 0) is 17.9 Å². The highest BCUT2D eigenvalue weighted by Crippen LogP contribution is 2.21. The summed E-state index contributed by atoms with van der Waals surface area (Å²) in [5.41, 5.74) is 1.69. The molecule has 0 bridgehead atoms. The van der Waals surface area contributed by atoms with Crippen LogP contribution in [0.3, 0.4) is 0 Å².